The molecule has 0 radical (unpaired) electrons. The third kappa shape index (κ3) is 7.98. The zero-order valence-corrected chi connectivity index (χ0v) is 6.91. The van der Waals surface area contributed by atoms with E-state index in [1.54, 1.807) is 0 Å². The first-order valence-corrected chi connectivity index (χ1v) is 4.92. The fourth-order valence-corrected chi connectivity index (χ4v) is 0.931. The first kappa shape index (κ1) is 8.98. The van der Waals surface area contributed by atoms with Gasteiger partial charge in [0.2, 0.25) is 0 Å². The molecule has 0 rings (SSSR count). The molecule has 0 aliphatic carbocycles. The summed E-state index contributed by atoms with van der Waals surface area (Å²) in [5.41, 5.74) is 0. The summed E-state index contributed by atoms with van der Waals surface area (Å²) < 4.78 is 20.4. The second-order valence-electron chi connectivity index (χ2n) is 2.05. The van der Waals surface area contributed by atoms with Gasteiger partial charge in [-0.2, -0.15) is 0 Å². The highest BCUT2D eigenvalue weighted by Crippen LogP contribution is 2.01. The molecule has 0 saturated carbocycles. The fourth-order valence-electron chi connectivity index (χ4n) is 0.251. The van der Waals surface area contributed by atoms with E-state index in [0.29, 0.717) is 0 Å². The molecule has 0 aromatic heterocycles. The molecule has 0 atom stereocenters. The average Bonchev–Trinajstić information content (AvgIpc) is 1.59. The molecule has 0 aromatic rings. The smallest absolute Gasteiger partial charge is 0.208 e. The van der Waals surface area contributed by atoms with E-state index in [4.69, 9.17) is 10.7 Å². The highest BCUT2D eigenvalue weighted by Gasteiger charge is 1.95. The summed E-state index contributed by atoms with van der Waals surface area (Å²) in [6.07, 6.45) is 1.53. The molecule has 9 heavy (non-hydrogen) atoms. The largest absolute Gasteiger partial charge is 0.254 e. The first-order valence-electron chi connectivity index (χ1n) is 2.54. The number of allylic oxidation sites excluding steroid dienone is 1. The minimum atomic E-state index is -3.43. The summed E-state index contributed by atoms with van der Waals surface area (Å²) in [4.78, 5) is 0. The van der Waals surface area contributed by atoms with Crippen molar-refractivity contribution in [2.75, 3.05) is 0 Å². The highest BCUT2D eigenvalue weighted by molar-refractivity contribution is 8.16. The summed E-state index contributed by atoms with van der Waals surface area (Å²) in [6.45, 7) is 3.75. The van der Waals surface area contributed by atoms with Crippen LogP contribution in [0, 0.1) is 5.92 Å². The van der Waals surface area contributed by atoms with Gasteiger partial charge in [-0.25, -0.2) is 8.42 Å². The van der Waals surface area contributed by atoms with Crippen LogP contribution >= 0.6 is 10.7 Å². The van der Waals surface area contributed by atoms with Gasteiger partial charge in [0.05, 0.1) is 0 Å². The molecule has 0 spiro atoms. The van der Waals surface area contributed by atoms with E-state index in [-0.39, 0.29) is 5.92 Å². The lowest BCUT2D eigenvalue weighted by Gasteiger charge is -1.89. The SMILES string of the molecule is CC(C)/C=C\S(=O)(=O)Cl. The molecule has 54 valence electrons. The molecule has 0 amide bonds. The maximum Gasteiger partial charge on any atom is 0.254 e. The monoisotopic (exact) mass is 168 g/mol. The van der Waals surface area contributed by atoms with Gasteiger partial charge in [0, 0.05) is 16.1 Å². The van der Waals surface area contributed by atoms with Crippen LogP contribution in [0.4, 0.5) is 0 Å². The van der Waals surface area contributed by atoms with E-state index >= 15 is 0 Å². The van der Waals surface area contributed by atoms with Crippen LogP contribution in [0.15, 0.2) is 11.5 Å². The van der Waals surface area contributed by atoms with Crippen molar-refractivity contribution in [1.29, 1.82) is 0 Å². The number of hydrogen-bond acceptors (Lipinski definition) is 2. The van der Waals surface area contributed by atoms with Crippen LogP contribution in [0.3, 0.4) is 0 Å². The Morgan fingerprint density at radius 2 is 1.89 bits per heavy atom. The van der Waals surface area contributed by atoms with Gasteiger partial charge >= 0.3 is 0 Å². The lowest BCUT2D eigenvalue weighted by Crippen LogP contribution is -1.83. The van der Waals surface area contributed by atoms with Crippen molar-refractivity contribution in [1.82, 2.24) is 0 Å². The predicted octanol–water partition coefficient (Wildman–Crippen LogP) is 1.72. The Labute approximate surface area is 59.9 Å². The van der Waals surface area contributed by atoms with Crippen molar-refractivity contribution in [3.05, 3.63) is 11.5 Å². The van der Waals surface area contributed by atoms with Gasteiger partial charge in [-0.1, -0.05) is 19.9 Å². The third-order valence-electron chi connectivity index (χ3n) is 0.626. The van der Waals surface area contributed by atoms with Crippen LogP contribution in [0.1, 0.15) is 13.8 Å². The van der Waals surface area contributed by atoms with Crippen LogP contribution in [-0.2, 0) is 9.05 Å². The number of hydrogen-bond donors (Lipinski definition) is 0. The van der Waals surface area contributed by atoms with Gasteiger partial charge in [-0.15, -0.1) is 0 Å². The van der Waals surface area contributed by atoms with Crippen molar-refractivity contribution in [3.63, 3.8) is 0 Å². The summed E-state index contributed by atoms with van der Waals surface area (Å²) in [6, 6.07) is 0. The van der Waals surface area contributed by atoms with Crippen LogP contribution in [0.25, 0.3) is 0 Å². The van der Waals surface area contributed by atoms with Crippen LogP contribution < -0.4 is 0 Å². The normalized spacial score (nSPS) is 13.3. The zero-order chi connectivity index (χ0) is 7.49. The van der Waals surface area contributed by atoms with Crippen molar-refractivity contribution < 1.29 is 8.42 Å². The standard InChI is InChI=1S/C5H9ClO2S/c1-5(2)3-4-9(6,7)8/h3-5H,1-2H3/b4-3-. The van der Waals surface area contributed by atoms with Crippen molar-refractivity contribution in [2.45, 2.75) is 13.8 Å². The lowest BCUT2D eigenvalue weighted by molar-refractivity contribution is 0.617. The van der Waals surface area contributed by atoms with Gasteiger partial charge in [-0.05, 0) is 5.92 Å². The molecular formula is C5H9ClO2S. The Hall–Kier alpha value is -0.0200. The molecule has 0 unspecified atom stereocenters. The summed E-state index contributed by atoms with van der Waals surface area (Å²) in [5.74, 6) is 0.221. The molecule has 0 aliphatic rings. The van der Waals surface area contributed by atoms with Gasteiger partial charge in [0.1, 0.15) is 0 Å². The fraction of sp³-hybridized carbons (Fsp3) is 0.600. The molecule has 0 bridgehead atoms. The second-order valence-corrected chi connectivity index (χ2v) is 4.56. The van der Waals surface area contributed by atoms with Gasteiger partial charge in [0.15, 0.2) is 0 Å². The van der Waals surface area contributed by atoms with Crippen molar-refractivity contribution >= 4 is 19.7 Å². The van der Waals surface area contributed by atoms with Crippen LogP contribution in [-0.4, -0.2) is 8.42 Å². The number of halogens is 1. The molecule has 4 heteroatoms. The van der Waals surface area contributed by atoms with E-state index in [2.05, 4.69) is 0 Å². The minimum absolute atomic E-state index is 0.221. The van der Waals surface area contributed by atoms with E-state index in [1.807, 2.05) is 13.8 Å². The van der Waals surface area contributed by atoms with Gasteiger partial charge in [-0.3, -0.25) is 0 Å². The van der Waals surface area contributed by atoms with E-state index < -0.39 is 9.05 Å². The van der Waals surface area contributed by atoms with E-state index in [1.165, 1.54) is 6.08 Å². The molecule has 0 heterocycles. The molecule has 0 aromatic carbocycles. The molecule has 2 nitrogen and oxygen atoms in total. The highest BCUT2D eigenvalue weighted by atomic mass is 35.7. The second kappa shape index (κ2) is 3.22. The summed E-state index contributed by atoms with van der Waals surface area (Å²) in [7, 11) is 1.44. The molecule has 0 fully saturated rings. The van der Waals surface area contributed by atoms with E-state index in [9.17, 15) is 8.42 Å². The minimum Gasteiger partial charge on any atom is -0.208 e. The van der Waals surface area contributed by atoms with Gasteiger partial charge < -0.3 is 0 Å². The van der Waals surface area contributed by atoms with Crippen LogP contribution in [0.5, 0.6) is 0 Å². The Bertz CT molecular complexity index is 191. The van der Waals surface area contributed by atoms with Crippen molar-refractivity contribution in [2.24, 2.45) is 5.92 Å². The average molecular weight is 169 g/mol. The molecule has 0 N–H and O–H groups in total. The Kier molecular flexibility index (Phi) is 3.22. The molecular weight excluding hydrogens is 160 g/mol. The zero-order valence-electron chi connectivity index (χ0n) is 5.33. The third-order valence-corrected chi connectivity index (χ3v) is 1.42. The topological polar surface area (TPSA) is 34.1 Å². The quantitative estimate of drug-likeness (QED) is 0.589. The maximum atomic E-state index is 10.2. The van der Waals surface area contributed by atoms with E-state index in [0.717, 1.165) is 5.41 Å². The Balaban J connectivity index is 4.03. The van der Waals surface area contributed by atoms with Crippen LogP contribution in [0.2, 0.25) is 0 Å². The predicted molar refractivity (Wildman–Crippen MR) is 38.8 cm³/mol. The van der Waals surface area contributed by atoms with Gasteiger partial charge in [0.25, 0.3) is 9.05 Å². The Morgan fingerprint density at radius 3 is 2.00 bits per heavy atom. The summed E-state index contributed by atoms with van der Waals surface area (Å²) in [5, 5.41) is 0.999. The summed E-state index contributed by atoms with van der Waals surface area (Å²) >= 11 is 0. The van der Waals surface area contributed by atoms with Crippen molar-refractivity contribution in [3.8, 4) is 0 Å². The maximum absolute atomic E-state index is 10.2. The molecule has 0 aliphatic heterocycles. The number of rotatable bonds is 2. The first-order chi connectivity index (χ1) is 3.92. The Morgan fingerprint density at radius 1 is 1.44 bits per heavy atom. The lowest BCUT2D eigenvalue weighted by atomic mass is 10.2. The molecule has 0 saturated heterocycles.